The molecule has 0 saturated carbocycles. The van der Waals surface area contributed by atoms with Crippen molar-refractivity contribution in [1.29, 1.82) is 0 Å². The zero-order valence-corrected chi connectivity index (χ0v) is 13.6. The van der Waals surface area contributed by atoms with Crippen molar-refractivity contribution in [2.45, 2.75) is 37.1 Å². The lowest BCUT2D eigenvalue weighted by Crippen LogP contribution is -2.45. The van der Waals surface area contributed by atoms with Crippen LogP contribution in [0, 0.1) is 5.82 Å². The normalized spacial score (nSPS) is 19.9. The molecule has 0 amide bonds. The molecule has 21 heavy (non-hydrogen) atoms. The van der Waals surface area contributed by atoms with E-state index in [1.165, 1.54) is 10.4 Å². The van der Waals surface area contributed by atoms with Crippen molar-refractivity contribution in [2.75, 3.05) is 19.6 Å². The summed E-state index contributed by atoms with van der Waals surface area (Å²) in [6.07, 6.45) is 3.19. The van der Waals surface area contributed by atoms with Gasteiger partial charge in [0.05, 0.1) is 5.02 Å². The first-order chi connectivity index (χ1) is 9.95. The van der Waals surface area contributed by atoms with Gasteiger partial charge >= 0.3 is 0 Å². The van der Waals surface area contributed by atoms with Gasteiger partial charge in [-0.05, 0) is 37.6 Å². The van der Waals surface area contributed by atoms with E-state index in [0.717, 1.165) is 37.9 Å². The predicted molar refractivity (Wildman–Crippen MR) is 81.5 cm³/mol. The van der Waals surface area contributed by atoms with Gasteiger partial charge in [-0.1, -0.05) is 24.9 Å². The minimum absolute atomic E-state index is 0.0387. The Morgan fingerprint density at radius 1 is 1.43 bits per heavy atom. The molecule has 1 heterocycles. The molecule has 118 valence electrons. The monoisotopic (exact) mass is 334 g/mol. The van der Waals surface area contributed by atoms with Gasteiger partial charge in [0.2, 0.25) is 10.0 Å². The Hall–Kier alpha value is -0.690. The summed E-state index contributed by atoms with van der Waals surface area (Å²) in [7, 11) is -3.70. The minimum atomic E-state index is -3.70. The van der Waals surface area contributed by atoms with E-state index in [1.54, 1.807) is 6.92 Å². The van der Waals surface area contributed by atoms with Crippen LogP contribution in [0.4, 0.5) is 4.39 Å². The van der Waals surface area contributed by atoms with Crippen molar-refractivity contribution >= 4 is 21.6 Å². The van der Waals surface area contributed by atoms with Crippen LogP contribution < -0.4 is 5.32 Å². The lowest BCUT2D eigenvalue weighted by atomic mass is 10.1. The van der Waals surface area contributed by atoms with Crippen LogP contribution in [0.25, 0.3) is 0 Å². The highest BCUT2D eigenvalue weighted by molar-refractivity contribution is 7.89. The first-order valence-electron chi connectivity index (χ1n) is 7.13. The lowest BCUT2D eigenvalue weighted by Gasteiger charge is -2.29. The van der Waals surface area contributed by atoms with Gasteiger partial charge in [-0.25, -0.2) is 12.8 Å². The Kier molecular flexibility index (Phi) is 5.60. The molecular formula is C14H20ClFN2O2S. The van der Waals surface area contributed by atoms with Crippen LogP contribution in [-0.2, 0) is 10.0 Å². The molecule has 1 saturated heterocycles. The van der Waals surface area contributed by atoms with Gasteiger partial charge in [-0.3, -0.25) is 0 Å². The predicted octanol–water partition coefficient (Wildman–Crippen LogP) is 2.63. The zero-order valence-electron chi connectivity index (χ0n) is 12.0. The van der Waals surface area contributed by atoms with Crippen molar-refractivity contribution in [1.82, 2.24) is 9.62 Å². The number of benzene rings is 1. The summed E-state index contributed by atoms with van der Waals surface area (Å²) in [5.41, 5.74) is 0. The standard InChI is InChI=1S/C14H20ClFN2O2S/c1-2-18(10-12-5-3-4-8-17-12)21(19,20)14-7-6-11(16)9-13(14)15/h6-7,9,12,17H,2-5,8,10H2,1H3. The summed E-state index contributed by atoms with van der Waals surface area (Å²) < 4.78 is 39.8. The molecule has 0 aromatic heterocycles. The molecule has 2 rings (SSSR count). The first kappa shape index (κ1) is 16.7. The van der Waals surface area contributed by atoms with Gasteiger partial charge in [0.25, 0.3) is 0 Å². The molecule has 4 nitrogen and oxygen atoms in total. The smallest absolute Gasteiger partial charge is 0.244 e. The molecule has 0 bridgehead atoms. The Balaban J connectivity index is 2.22. The van der Waals surface area contributed by atoms with E-state index in [0.29, 0.717) is 13.1 Å². The SMILES string of the molecule is CCN(CC1CCCCN1)S(=O)(=O)c1ccc(F)cc1Cl. The average molecular weight is 335 g/mol. The van der Waals surface area contributed by atoms with Gasteiger partial charge < -0.3 is 5.32 Å². The van der Waals surface area contributed by atoms with E-state index in [-0.39, 0.29) is 16.0 Å². The summed E-state index contributed by atoms with van der Waals surface area (Å²) >= 11 is 5.90. The van der Waals surface area contributed by atoms with Crippen molar-refractivity contribution in [2.24, 2.45) is 0 Å². The third-order valence-corrected chi connectivity index (χ3v) is 6.12. The van der Waals surface area contributed by atoms with Crippen LogP contribution in [-0.4, -0.2) is 38.4 Å². The summed E-state index contributed by atoms with van der Waals surface area (Å²) in [5.74, 6) is -0.545. The van der Waals surface area contributed by atoms with Crippen molar-refractivity contribution in [3.05, 3.63) is 29.0 Å². The molecule has 1 N–H and O–H groups in total. The molecule has 1 aromatic rings. The van der Waals surface area contributed by atoms with Crippen LogP contribution in [0.1, 0.15) is 26.2 Å². The van der Waals surface area contributed by atoms with E-state index in [2.05, 4.69) is 5.32 Å². The lowest BCUT2D eigenvalue weighted by molar-refractivity contribution is 0.319. The average Bonchev–Trinajstić information content (AvgIpc) is 2.45. The van der Waals surface area contributed by atoms with Crippen molar-refractivity contribution in [3.63, 3.8) is 0 Å². The molecule has 0 spiro atoms. The first-order valence-corrected chi connectivity index (χ1v) is 8.95. The third-order valence-electron chi connectivity index (χ3n) is 3.70. The van der Waals surface area contributed by atoms with Crippen molar-refractivity contribution in [3.8, 4) is 0 Å². The second-order valence-electron chi connectivity index (χ2n) is 5.18. The van der Waals surface area contributed by atoms with Gasteiger partial charge in [-0.2, -0.15) is 4.31 Å². The van der Waals surface area contributed by atoms with Gasteiger partial charge in [0.1, 0.15) is 10.7 Å². The van der Waals surface area contributed by atoms with Gasteiger partial charge in [0.15, 0.2) is 0 Å². The zero-order chi connectivity index (χ0) is 15.5. The third kappa shape index (κ3) is 3.94. The number of hydrogen-bond donors (Lipinski definition) is 1. The molecule has 1 atom stereocenters. The molecule has 1 fully saturated rings. The maximum absolute atomic E-state index is 13.1. The second kappa shape index (κ2) is 7.05. The second-order valence-corrected chi connectivity index (χ2v) is 7.49. The number of nitrogens with zero attached hydrogens (tertiary/aromatic N) is 1. The van der Waals surface area contributed by atoms with E-state index < -0.39 is 15.8 Å². The number of sulfonamides is 1. The van der Waals surface area contributed by atoms with Crippen LogP contribution in [0.5, 0.6) is 0 Å². The molecule has 1 unspecified atom stereocenters. The Morgan fingerprint density at radius 2 is 2.19 bits per heavy atom. The molecule has 7 heteroatoms. The fraction of sp³-hybridized carbons (Fsp3) is 0.571. The summed E-state index contributed by atoms with van der Waals surface area (Å²) in [5, 5.41) is 3.25. The number of likely N-dealkylation sites (N-methyl/N-ethyl adjacent to an activating group) is 1. The Labute approximate surface area is 130 Å². The molecule has 0 aliphatic carbocycles. The van der Waals surface area contributed by atoms with E-state index >= 15 is 0 Å². The Morgan fingerprint density at radius 3 is 2.76 bits per heavy atom. The van der Waals surface area contributed by atoms with E-state index in [9.17, 15) is 12.8 Å². The van der Waals surface area contributed by atoms with Crippen molar-refractivity contribution < 1.29 is 12.8 Å². The maximum Gasteiger partial charge on any atom is 0.244 e. The number of halogens is 2. The van der Waals surface area contributed by atoms with Gasteiger partial charge in [-0.15, -0.1) is 0 Å². The van der Waals surface area contributed by atoms with Crippen LogP contribution in [0.3, 0.4) is 0 Å². The number of piperidine rings is 1. The van der Waals surface area contributed by atoms with E-state index in [1.807, 2.05) is 0 Å². The highest BCUT2D eigenvalue weighted by Gasteiger charge is 2.28. The molecule has 1 aromatic carbocycles. The van der Waals surface area contributed by atoms with E-state index in [4.69, 9.17) is 11.6 Å². The van der Waals surface area contributed by atoms with Crippen LogP contribution >= 0.6 is 11.6 Å². The molecule has 1 aliphatic rings. The topological polar surface area (TPSA) is 49.4 Å². The Bertz CT molecular complexity index is 589. The van der Waals surface area contributed by atoms with Gasteiger partial charge in [0, 0.05) is 19.1 Å². The summed E-state index contributed by atoms with van der Waals surface area (Å²) in [6.45, 7) is 3.47. The minimum Gasteiger partial charge on any atom is -0.313 e. The fourth-order valence-electron chi connectivity index (χ4n) is 2.55. The summed E-state index contributed by atoms with van der Waals surface area (Å²) in [4.78, 5) is -0.0387. The highest BCUT2D eigenvalue weighted by atomic mass is 35.5. The fourth-order valence-corrected chi connectivity index (χ4v) is 4.55. The summed E-state index contributed by atoms with van der Waals surface area (Å²) in [6, 6.07) is 3.53. The van der Waals surface area contributed by atoms with Crippen LogP contribution in [0.15, 0.2) is 23.1 Å². The number of nitrogens with one attached hydrogen (secondary N) is 1. The van der Waals surface area contributed by atoms with Crippen LogP contribution in [0.2, 0.25) is 5.02 Å². The molecule has 1 aliphatic heterocycles. The molecule has 0 radical (unpaired) electrons. The maximum atomic E-state index is 13.1. The number of hydrogen-bond acceptors (Lipinski definition) is 3. The largest absolute Gasteiger partial charge is 0.313 e. The number of rotatable bonds is 5. The molecular weight excluding hydrogens is 315 g/mol. The quantitative estimate of drug-likeness (QED) is 0.900. The highest BCUT2D eigenvalue weighted by Crippen LogP contribution is 2.26.